The topological polar surface area (TPSA) is 104 Å². The summed E-state index contributed by atoms with van der Waals surface area (Å²) >= 11 is 3.23. The van der Waals surface area contributed by atoms with E-state index < -0.39 is 35.9 Å². The average Bonchev–Trinajstić information content (AvgIpc) is 2.66. The van der Waals surface area contributed by atoms with Gasteiger partial charge in [-0.2, -0.15) is 0 Å². The SMILES string of the molecule is CCOP(C)(=O)CCN(C(=O)OC(C)(C)C)C1Cn2cc(Br)c(=O)c(OC)c2C(=O)C1(C)C. The zero-order valence-corrected chi connectivity index (χ0v) is 23.0. The highest BCUT2D eigenvalue weighted by atomic mass is 79.9. The Hall–Kier alpha value is -1.64. The number of fused-ring (bicyclic) bond motifs is 1. The zero-order chi connectivity index (χ0) is 25.4. The summed E-state index contributed by atoms with van der Waals surface area (Å²) in [5.41, 5.74) is -2.10. The number of nitrogens with zero attached hydrogens (tertiary/aromatic N) is 2. The smallest absolute Gasteiger partial charge is 0.410 e. The van der Waals surface area contributed by atoms with Gasteiger partial charge in [0.05, 0.1) is 29.6 Å². The quantitative estimate of drug-likeness (QED) is 0.465. The highest BCUT2D eigenvalue weighted by Crippen LogP contribution is 2.43. The van der Waals surface area contributed by atoms with Crippen LogP contribution >= 0.6 is 23.3 Å². The van der Waals surface area contributed by atoms with Crippen molar-refractivity contribution in [2.75, 3.05) is 33.1 Å². The van der Waals surface area contributed by atoms with Gasteiger partial charge in [0.1, 0.15) is 11.3 Å². The molecule has 2 unspecified atom stereocenters. The number of carbonyl (C=O) groups is 2. The van der Waals surface area contributed by atoms with E-state index in [2.05, 4.69) is 15.9 Å². The molecule has 0 radical (unpaired) electrons. The molecule has 0 aliphatic carbocycles. The van der Waals surface area contributed by atoms with E-state index >= 15 is 0 Å². The summed E-state index contributed by atoms with van der Waals surface area (Å²) in [4.78, 5) is 40.8. The predicted octanol–water partition coefficient (Wildman–Crippen LogP) is 4.39. The van der Waals surface area contributed by atoms with Crippen molar-refractivity contribution in [3.8, 4) is 5.75 Å². The van der Waals surface area contributed by atoms with Crippen LogP contribution in [-0.4, -0.2) is 66.1 Å². The van der Waals surface area contributed by atoms with Gasteiger partial charge in [0, 0.05) is 32.1 Å². The molecule has 0 fully saturated rings. The molecule has 1 aliphatic rings. The minimum atomic E-state index is -2.95. The van der Waals surface area contributed by atoms with Crippen molar-refractivity contribution in [2.45, 2.75) is 59.7 Å². The standard InChI is InChI=1S/C22H34BrN2O7P/c1-9-31-33(8,29)11-10-25(20(28)32-21(2,3)4)15-13-24-12-14(23)17(26)18(30-7)16(24)19(27)22(15,5)6/h12,15H,9-11,13H2,1-8H3. The molecule has 1 aromatic heterocycles. The molecule has 2 rings (SSSR count). The number of halogens is 1. The maximum atomic E-state index is 13.6. The number of hydrogen-bond acceptors (Lipinski definition) is 7. The van der Waals surface area contributed by atoms with Gasteiger partial charge < -0.3 is 23.5 Å². The van der Waals surface area contributed by atoms with E-state index in [1.54, 1.807) is 46.1 Å². The van der Waals surface area contributed by atoms with Gasteiger partial charge in [0.25, 0.3) is 0 Å². The van der Waals surface area contributed by atoms with Gasteiger partial charge in [0.15, 0.2) is 11.5 Å². The first-order valence-corrected chi connectivity index (χ1v) is 13.8. The zero-order valence-electron chi connectivity index (χ0n) is 20.6. The fourth-order valence-corrected chi connectivity index (χ4v) is 5.54. The number of pyridine rings is 1. The van der Waals surface area contributed by atoms with Gasteiger partial charge in [0.2, 0.25) is 12.8 Å². The molecule has 1 amide bonds. The van der Waals surface area contributed by atoms with Gasteiger partial charge in [-0.3, -0.25) is 14.2 Å². The van der Waals surface area contributed by atoms with E-state index in [4.69, 9.17) is 14.0 Å². The lowest BCUT2D eigenvalue weighted by Crippen LogP contribution is -2.58. The van der Waals surface area contributed by atoms with Gasteiger partial charge >= 0.3 is 6.09 Å². The largest absolute Gasteiger partial charge is 0.491 e. The molecule has 33 heavy (non-hydrogen) atoms. The lowest BCUT2D eigenvalue weighted by molar-refractivity contribution is -0.00252. The fourth-order valence-electron chi connectivity index (χ4n) is 3.85. The highest BCUT2D eigenvalue weighted by molar-refractivity contribution is 9.10. The number of aromatic nitrogens is 1. The molecule has 0 spiro atoms. The second kappa shape index (κ2) is 9.92. The Morgan fingerprint density at radius 1 is 1.33 bits per heavy atom. The summed E-state index contributed by atoms with van der Waals surface area (Å²) in [6.07, 6.45) is 1.03. The van der Waals surface area contributed by atoms with E-state index in [0.29, 0.717) is 6.61 Å². The predicted molar refractivity (Wildman–Crippen MR) is 130 cm³/mol. The Bertz CT molecular complexity index is 1030. The van der Waals surface area contributed by atoms with Gasteiger partial charge in [-0.15, -0.1) is 0 Å². The summed E-state index contributed by atoms with van der Waals surface area (Å²) in [5, 5.41) is 0. The first kappa shape index (κ1) is 27.6. The Morgan fingerprint density at radius 3 is 2.45 bits per heavy atom. The molecule has 2 atom stereocenters. The molecular weight excluding hydrogens is 515 g/mol. The Kier molecular flexibility index (Phi) is 8.30. The lowest BCUT2D eigenvalue weighted by Gasteiger charge is -2.45. The third kappa shape index (κ3) is 6.08. The molecule has 0 N–H and O–H groups in total. The second-order valence-electron chi connectivity index (χ2n) is 9.74. The summed E-state index contributed by atoms with van der Waals surface area (Å²) in [7, 11) is -1.61. The number of hydrogen-bond donors (Lipinski definition) is 0. The Morgan fingerprint density at radius 2 is 1.94 bits per heavy atom. The van der Waals surface area contributed by atoms with E-state index in [0.717, 1.165) is 0 Å². The van der Waals surface area contributed by atoms with Crippen LogP contribution in [0.3, 0.4) is 0 Å². The van der Waals surface area contributed by atoms with Crippen LogP contribution in [0, 0.1) is 5.41 Å². The summed E-state index contributed by atoms with van der Waals surface area (Å²) in [5.74, 6) is -0.377. The lowest BCUT2D eigenvalue weighted by atomic mass is 9.75. The summed E-state index contributed by atoms with van der Waals surface area (Å²) < 4.78 is 30.9. The van der Waals surface area contributed by atoms with Crippen molar-refractivity contribution in [3.05, 3.63) is 26.6 Å². The minimum absolute atomic E-state index is 0.0425. The number of ketones is 1. The first-order chi connectivity index (χ1) is 15.1. The molecule has 0 bridgehead atoms. The number of rotatable bonds is 7. The van der Waals surface area contributed by atoms with Crippen molar-refractivity contribution >= 4 is 35.2 Å². The minimum Gasteiger partial charge on any atom is -0.491 e. The van der Waals surface area contributed by atoms with Crippen LogP contribution in [0.1, 0.15) is 52.0 Å². The van der Waals surface area contributed by atoms with Crippen LogP contribution < -0.4 is 10.2 Å². The normalized spacial score (nSPS) is 19.4. The molecule has 9 nitrogen and oxygen atoms in total. The number of carbonyl (C=O) groups excluding carboxylic acids is 2. The third-order valence-corrected chi connectivity index (χ3v) is 7.94. The van der Waals surface area contributed by atoms with Crippen molar-refractivity contribution < 1.29 is 28.2 Å². The Balaban J connectivity index is 2.57. The van der Waals surface area contributed by atoms with Crippen LogP contribution in [0.5, 0.6) is 5.75 Å². The van der Waals surface area contributed by atoms with Crippen LogP contribution in [0.25, 0.3) is 0 Å². The van der Waals surface area contributed by atoms with Gasteiger partial charge in [-0.25, -0.2) is 4.79 Å². The van der Waals surface area contributed by atoms with Crippen LogP contribution in [0.15, 0.2) is 15.5 Å². The number of ether oxygens (including phenoxy) is 2. The van der Waals surface area contributed by atoms with E-state index in [9.17, 15) is 18.9 Å². The summed E-state index contributed by atoms with van der Waals surface area (Å²) in [6, 6.07) is -0.631. The van der Waals surface area contributed by atoms with E-state index in [-0.39, 0.29) is 41.0 Å². The third-order valence-electron chi connectivity index (χ3n) is 5.56. The molecule has 1 aromatic rings. The maximum absolute atomic E-state index is 13.6. The van der Waals surface area contributed by atoms with Crippen molar-refractivity contribution in [1.82, 2.24) is 9.47 Å². The molecule has 0 saturated heterocycles. The van der Waals surface area contributed by atoms with E-state index in [1.165, 1.54) is 24.9 Å². The average molecular weight is 549 g/mol. The summed E-state index contributed by atoms with van der Waals surface area (Å²) in [6.45, 7) is 12.6. The first-order valence-electron chi connectivity index (χ1n) is 10.8. The van der Waals surface area contributed by atoms with Crippen molar-refractivity contribution in [3.63, 3.8) is 0 Å². The number of Topliss-reactive ketones (excluding diaryl/α,β-unsaturated/α-hetero) is 1. The van der Waals surface area contributed by atoms with Crippen LogP contribution in [0.4, 0.5) is 4.79 Å². The molecule has 2 heterocycles. The highest BCUT2D eigenvalue weighted by Gasteiger charge is 2.49. The van der Waals surface area contributed by atoms with Crippen LogP contribution in [-0.2, 0) is 20.4 Å². The Labute approximate surface area is 203 Å². The maximum Gasteiger partial charge on any atom is 0.410 e. The van der Waals surface area contributed by atoms with Gasteiger partial charge in [-0.1, -0.05) is 13.8 Å². The van der Waals surface area contributed by atoms with Crippen molar-refractivity contribution in [2.24, 2.45) is 5.41 Å². The second-order valence-corrected chi connectivity index (χ2v) is 13.3. The monoisotopic (exact) mass is 548 g/mol. The van der Waals surface area contributed by atoms with Gasteiger partial charge in [-0.05, 0) is 43.6 Å². The molecular formula is C22H34BrN2O7P. The fraction of sp³-hybridized carbons (Fsp3) is 0.682. The molecule has 186 valence electrons. The molecule has 0 aromatic carbocycles. The van der Waals surface area contributed by atoms with E-state index in [1.807, 2.05) is 0 Å². The molecule has 11 heteroatoms. The number of methoxy groups -OCH3 is 1. The number of amides is 1. The molecule has 0 saturated carbocycles. The van der Waals surface area contributed by atoms with Crippen LogP contribution in [0.2, 0.25) is 0 Å². The van der Waals surface area contributed by atoms with Crippen molar-refractivity contribution in [1.29, 1.82) is 0 Å². The molecule has 1 aliphatic heterocycles.